The van der Waals surface area contributed by atoms with Gasteiger partial charge in [0.05, 0.1) is 12.3 Å². The summed E-state index contributed by atoms with van der Waals surface area (Å²) < 4.78 is 18.7. The van der Waals surface area contributed by atoms with Gasteiger partial charge >= 0.3 is 0 Å². The van der Waals surface area contributed by atoms with Crippen LogP contribution in [0.25, 0.3) is 0 Å². The molecule has 0 bridgehead atoms. The predicted octanol–water partition coefficient (Wildman–Crippen LogP) is 3.80. The Labute approximate surface area is 118 Å². The highest BCUT2D eigenvalue weighted by Gasteiger charge is 2.17. The molecule has 2 rings (SSSR count). The highest BCUT2D eigenvalue weighted by atomic mass is 19.1. The lowest BCUT2D eigenvalue weighted by atomic mass is 9.91. The second-order valence-corrected chi connectivity index (χ2v) is 5.67. The first-order valence-electron chi connectivity index (χ1n) is 6.44. The molecule has 106 valence electrons. The van der Waals surface area contributed by atoms with E-state index in [2.05, 4.69) is 4.98 Å². The Bertz CT molecular complexity index is 606. The summed E-state index contributed by atoms with van der Waals surface area (Å²) >= 11 is 0. The second kappa shape index (κ2) is 5.59. The first kappa shape index (κ1) is 14.5. The van der Waals surface area contributed by atoms with Gasteiger partial charge in [0.2, 0.25) is 5.88 Å². The van der Waals surface area contributed by atoms with Crippen molar-refractivity contribution in [2.75, 3.05) is 0 Å². The van der Waals surface area contributed by atoms with Crippen LogP contribution in [0.5, 0.6) is 11.6 Å². The molecule has 0 saturated carbocycles. The van der Waals surface area contributed by atoms with Crippen LogP contribution in [0.2, 0.25) is 0 Å². The normalized spacial score (nSPS) is 11.4. The topological polar surface area (TPSA) is 42.4 Å². The Morgan fingerprint density at radius 3 is 2.55 bits per heavy atom. The van der Waals surface area contributed by atoms with Crippen molar-refractivity contribution in [2.24, 2.45) is 0 Å². The van der Waals surface area contributed by atoms with Gasteiger partial charge in [-0.25, -0.2) is 9.37 Å². The Morgan fingerprint density at radius 2 is 1.95 bits per heavy atom. The summed E-state index contributed by atoms with van der Waals surface area (Å²) in [6.07, 6.45) is 0. The molecule has 0 radical (unpaired) electrons. The van der Waals surface area contributed by atoms with Crippen LogP contribution in [0.4, 0.5) is 4.39 Å². The molecule has 1 heterocycles. The van der Waals surface area contributed by atoms with Crippen LogP contribution >= 0.6 is 0 Å². The van der Waals surface area contributed by atoms with E-state index in [9.17, 15) is 9.50 Å². The monoisotopic (exact) mass is 275 g/mol. The van der Waals surface area contributed by atoms with Crippen LogP contribution in [0, 0.1) is 5.82 Å². The van der Waals surface area contributed by atoms with Gasteiger partial charge in [0, 0.05) is 17.5 Å². The Hall–Kier alpha value is -1.94. The zero-order valence-corrected chi connectivity index (χ0v) is 11.9. The molecule has 0 amide bonds. The van der Waals surface area contributed by atoms with Crippen LogP contribution in [0.15, 0.2) is 36.4 Å². The van der Waals surface area contributed by atoms with Crippen molar-refractivity contribution in [1.82, 2.24) is 4.98 Å². The molecular weight excluding hydrogens is 257 g/mol. The largest absolute Gasteiger partial charge is 0.439 e. The summed E-state index contributed by atoms with van der Waals surface area (Å²) in [4.78, 5) is 4.42. The minimum Gasteiger partial charge on any atom is -0.439 e. The van der Waals surface area contributed by atoms with Gasteiger partial charge in [-0.05, 0) is 23.8 Å². The lowest BCUT2D eigenvalue weighted by Crippen LogP contribution is -2.14. The number of halogens is 1. The van der Waals surface area contributed by atoms with Crippen LogP contribution < -0.4 is 4.74 Å². The maximum Gasteiger partial charge on any atom is 0.219 e. The Balaban J connectivity index is 2.36. The van der Waals surface area contributed by atoms with Crippen LogP contribution in [-0.2, 0) is 12.0 Å². The van der Waals surface area contributed by atoms with E-state index >= 15 is 0 Å². The fourth-order valence-corrected chi connectivity index (χ4v) is 1.74. The number of aliphatic hydroxyl groups excluding tert-OH is 1. The quantitative estimate of drug-likeness (QED) is 0.926. The molecule has 0 spiro atoms. The van der Waals surface area contributed by atoms with Gasteiger partial charge in [-0.15, -0.1) is 0 Å². The van der Waals surface area contributed by atoms with Crippen molar-refractivity contribution in [3.8, 4) is 11.6 Å². The minimum absolute atomic E-state index is 0.0922. The van der Waals surface area contributed by atoms with E-state index < -0.39 is 0 Å². The van der Waals surface area contributed by atoms with Gasteiger partial charge < -0.3 is 9.84 Å². The Morgan fingerprint density at radius 1 is 1.20 bits per heavy atom. The number of aromatic nitrogens is 1. The summed E-state index contributed by atoms with van der Waals surface area (Å²) in [5.41, 5.74) is 1.37. The maximum absolute atomic E-state index is 13.1. The minimum atomic E-state index is -0.364. The molecule has 0 aliphatic heterocycles. The van der Waals surface area contributed by atoms with Crippen LogP contribution in [0.3, 0.4) is 0 Å². The Kier molecular flexibility index (Phi) is 4.04. The lowest BCUT2D eigenvalue weighted by molar-refractivity contribution is 0.280. The van der Waals surface area contributed by atoms with Gasteiger partial charge in [-0.1, -0.05) is 26.8 Å². The molecule has 0 aliphatic carbocycles. The van der Waals surface area contributed by atoms with Crippen molar-refractivity contribution < 1.29 is 14.2 Å². The molecule has 1 N–H and O–H groups in total. The molecule has 2 aromatic rings. The highest BCUT2D eigenvalue weighted by molar-refractivity contribution is 5.32. The average Bonchev–Trinajstić information content (AvgIpc) is 2.37. The SMILES string of the molecule is CC(C)(C)c1cc(CO)cc(Oc2cccc(F)c2)n1. The van der Waals surface area contributed by atoms with Gasteiger partial charge in [-0.2, -0.15) is 0 Å². The lowest BCUT2D eigenvalue weighted by Gasteiger charge is -2.19. The summed E-state index contributed by atoms with van der Waals surface area (Å²) in [6.45, 7) is 6.00. The second-order valence-electron chi connectivity index (χ2n) is 5.67. The zero-order chi connectivity index (χ0) is 14.8. The van der Waals surface area contributed by atoms with Crippen LogP contribution in [0.1, 0.15) is 32.0 Å². The third-order valence-electron chi connectivity index (χ3n) is 2.83. The van der Waals surface area contributed by atoms with Crippen molar-refractivity contribution in [3.05, 3.63) is 53.5 Å². The van der Waals surface area contributed by atoms with E-state index in [-0.39, 0.29) is 17.8 Å². The number of benzene rings is 1. The molecule has 0 saturated heterocycles. The van der Waals surface area contributed by atoms with E-state index in [4.69, 9.17) is 4.74 Å². The number of pyridine rings is 1. The molecule has 0 fully saturated rings. The van der Waals surface area contributed by atoms with Crippen molar-refractivity contribution in [3.63, 3.8) is 0 Å². The standard InChI is InChI=1S/C16H18FNO2/c1-16(2,3)14-7-11(10-19)8-15(18-14)20-13-6-4-5-12(17)9-13/h4-9,19H,10H2,1-3H3. The maximum atomic E-state index is 13.1. The summed E-state index contributed by atoms with van der Waals surface area (Å²) in [5, 5.41) is 9.32. The smallest absolute Gasteiger partial charge is 0.219 e. The molecule has 3 nitrogen and oxygen atoms in total. The zero-order valence-electron chi connectivity index (χ0n) is 11.9. The van der Waals surface area contributed by atoms with E-state index in [1.807, 2.05) is 26.8 Å². The number of rotatable bonds is 3. The fraction of sp³-hybridized carbons (Fsp3) is 0.312. The molecular formula is C16H18FNO2. The molecule has 0 atom stereocenters. The number of ether oxygens (including phenoxy) is 1. The molecule has 4 heteroatoms. The highest BCUT2D eigenvalue weighted by Crippen LogP contribution is 2.27. The van der Waals surface area contributed by atoms with Crippen molar-refractivity contribution in [2.45, 2.75) is 32.8 Å². The average molecular weight is 275 g/mol. The first-order valence-corrected chi connectivity index (χ1v) is 6.44. The summed E-state index contributed by atoms with van der Waals surface area (Å²) in [7, 11) is 0. The van der Waals surface area contributed by atoms with Gasteiger partial charge in [0.1, 0.15) is 11.6 Å². The van der Waals surface area contributed by atoms with Crippen molar-refractivity contribution >= 4 is 0 Å². The molecule has 20 heavy (non-hydrogen) atoms. The number of hydrogen-bond donors (Lipinski definition) is 1. The van der Waals surface area contributed by atoms with Gasteiger partial charge in [0.25, 0.3) is 0 Å². The number of hydrogen-bond acceptors (Lipinski definition) is 3. The summed E-state index contributed by atoms with van der Waals surface area (Å²) in [5.74, 6) is 0.372. The first-order chi connectivity index (χ1) is 9.38. The third-order valence-corrected chi connectivity index (χ3v) is 2.83. The van der Waals surface area contributed by atoms with E-state index in [0.717, 1.165) is 11.3 Å². The van der Waals surface area contributed by atoms with Crippen LogP contribution in [-0.4, -0.2) is 10.1 Å². The van der Waals surface area contributed by atoms with Gasteiger partial charge in [0.15, 0.2) is 0 Å². The fourth-order valence-electron chi connectivity index (χ4n) is 1.74. The predicted molar refractivity (Wildman–Crippen MR) is 75.3 cm³/mol. The van der Waals surface area contributed by atoms with E-state index in [1.54, 1.807) is 18.2 Å². The molecule has 0 unspecified atom stereocenters. The number of nitrogens with zero attached hydrogens (tertiary/aromatic N) is 1. The third kappa shape index (κ3) is 3.54. The van der Waals surface area contributed by atoms with Crippen molar-refractivity contribution in [1.29, 1.82) is 0 Å². The molecule has 1 aromatic heterocycles. The molecule has 0 aliphatic rings. The van der Waals surface area contributed by atoms with E-state index in [1.165, 1.54) is 12.1 Å². The van der Waals surface area contributed by atoms with E-state index in [0.29, 0.717) is 11.6 Å². The molecule has 1 aromatic carbocycles. The number of aliphatic hydroxyl groups is 1. The van der Waals surface area contributed by atoms with Gasteiger partial charge in [-0.3, -0.25) is 0 Å². The summed E-state index contributed by atoms with van der Waals surface area (Å²) in [6, 6.07) is 9.38.